The fourth-order valence-electron chi connectivity index (χ4n) is 6.56. The third kappa shape index (κ3) is 9.44. The van der Waals surface area contributed by atoms with E-state index in [2.05, 4.69) is 103 Å². The fourth-order valence-corrected chi connectivity index (χ4v) is 6.56. The van der Waals surface area contributed by atoms with Crippen LogP contribution < -0.4 is 0 Å². The Kier molecular flexibility index (Phi) is 11.5. The van der Waals surface area contributed by atoms with E-state index < -0.39 is 0 Å². The average molecular weight is 631 g/mol. The molecular weight excluding hydrogens is 568 g/mol. The Bertz CT molecular complexity index is 1380. The zero-order chi connectivity index (χ0) is 33.9. The van der Waals surface area contributed by atoms with Gasteiger partial charge in [0.2, 0.25) is 0 Å². The van der Waals surface area contributed by atoms with E-state index in [4.69, 9.17) is 9.98 Å². The number of benzene rings is 2. The first kappa shape index (κ1) is 36.1. The molecule has 0 bridgehead atoms. The van der Waals surface area contributed by atoms with Gasteiger partial charge in [-0.05, 0) is 84.3 Å². The molecule has 2 unspecified atom stereocenters. The van der Waals surface area contributed by atoms with E-state index in [1.54, 1.807) is 0 Å². The quantitative estimate of drug-likeness (QED) is 0.290. The van der Waals surface area contributed by atoms with Crippen molar-refractivity contribution in [2.24, 2.45) is 9.98 Å². The van der Waals surface area contributed by atoms with Gasteiger partial charge in [-0.1, -0.05) is 87.3 Å². The zero-order valence-electron chi connectivity index (χ0n) is 30.6. The highest BCUT2D eigenvalue weighted by Crippen LogP contribution is 2.37. The molecule has 1 saturated carbocycles. The van der Waals surface area contributed by atoms with Crippen LogP contribution in [0.5, 0.6) is 11.5 Å². The van der Waals surface area contributed by atoms with Gasteiger partial charge in [0.1, 0.15) is 11.5 Å². The largest absolute Gasteiger partial charge is 0.507 e. The fraction of sp³-hybridized carbons (Fsp3) is 0.650. The minimum absolute atomic E-state index is 0.0321. The molecule has 0 spiro atoms. The van der Waals surface area contributed by atoms with Crippen molar-refractivity contribution in [3.8, 4) is 11.5 Å². The standard InChI is InChI=1S/C40H62N4O2/c1-38(2,3)31-22-28(14-13-17-44-20-18-43(10)19-21-44)36(45)29(23-31)26-41-34-15-11-12-16-35(34)42-27-30-24-32(39(4,5)6)25-33(37(30)46)40(7,8)9/h22-27,34-35,45-46H,11-21H2,1-10H3. The van der Waals surface area contributed by atoms with Crippen LogP contribution >= 0.6 is 0 Å². The van der Waals surface area contributed by atoms with Gasteiger partial charge in [-0.15, -0.1) is 0 Å². The second-order valence-corrected chi connectivity index (χ2v) is 17.0. The SMILES string of the molecule is CN1CCN(CCCc2cc(C(C)(C)C)cc(C=NC3CCCCC3N=Cc3cc(C(C)(C)C)cc(C(C)(C)C)c3O)c2O)CC1. The van der Waals surface area contributed by atoms with Gasteiger partial charge in [-0.25, -0.2) is 0 Å². The summed E-state index contributed by atoms with van der Waals surface area (Å²) in [5, 5.41) is 22.7. The van der Waals surface area contributed by atoms with Gasteiger partial charge in [-0.2, -0.15) is 0 Å². The van der Waals surface area contributed by atoms with Crippen molar-refractivity contribution in [1.82, 2.24) is 9.80 Å². The van der Waals surface area contributed by atoms with Crippen molar-refractivity contribution in [3.05, 3.63) is 57.6 Å². The van der Waals surface area contributed by atoms with Crippen molar-refractivity contribution in [2.75, 3.05) is 39.8 Å². The van der Waals surface area contributed by atoms with Crippen LogP contribution in [0.2, 0.25) is 0 Å². The predicted octanol–water partition coefficient (Wildman–Crippen LogP) is 8.02. The first-order chi connectivity index (χ1) is 21.4. The topological polar surface area (TPSA) is 71.7 Å². The van der Waals surface area contributed by atoms with E-state index in [-0.39, 0.29) is 28.3 Å². The molecule has 2 N–H and O–H groups in total. The van der Waals surface area contributed by atoms with Gasteiger partial charge in [0.25, 0.3) is 0 Å². The summed E-state index contributed by atoms with van der Waals surface area (Å²) >= 11 is 0. The molecule has 6 nitrogen and oxygen atoms in total. The third-order valence-corrected chi connectivity index (χ3v) is 9.92. The van der Waals surface area contributed by atoms with Crippen molar-refractivity contribution >= 4 is 12.4 Å². The number of rotatable bonds is 8. The number of phenolic OH excluding ortho intramolecular Hbond substituents is 2. The molecule has 2 aromatic carbocycles. The summed E-state index contributed by atoms with van der Waals surface area (Å²) < 4.78 is 0. The Morgan fingerprint density at radius 1 is 0.696 bits per heavy atom. The highest BCUT2D eigenvalue weighted by molar-refractivity contribution is 5.86. The number of aliphatic imine (C=N–C) groups is 2. The summed E-state index contributed by atoms with van der Waals surface area (Å²) in [7, 11) is 2.19. The summed E-state index contributed by atoms with van der Waals surface area (Å²) in [6.07, 6.45) is 9.86. The summed E-state index contributed by atoms with van der Waals surface area (Å²) in [5.74, 6) is 0.689. The minimum Gasteiger partial charge on any atom is -0.507 e. The van der Waals surface area contributed by atoms with Crippen LogP contribution in [0.15, 0.2) is 34.3 Å². The van der Waals surface area contributed by atoms with E-state index in [0.29, 0.717) is 11.5 Å². The maximum absolute atomic E-state index is 11.4. The van der Waals surface area contributed by atoms with E-state index in [1.165, 1.54) is 11.1 Å². The molecule has 1 heterocycles. The lowest BCUT2D eigenvalue weighted by Crippen LogP contribution is -2.44. The van der Waals surface area contributed by atoms with Crippen molar-refractivity contribution in [1.29, 1.82) is 0 Å². The molecule has 1 saturated heterocycles. The predicted molar refractivity (Wildman–Crippen MR) is 196 cm³/mol. The van der Waals surface area contributed by atoms with Crippen LogP contribution in [0.3, 0.4) is 0 Å². The Labute approximate surface area is 280 Å². The normalized spacial score (nSPS) is 21.1. The number of piperazine rings is 1. The molecule has 6 heteroatoms. The molecule has 2 aliphatic rings. The van der Waals surface area contributed by atoms with Crippen molar-refractivity contribution in [2.45, 2.75) is 129 Å². The van der Waals surface area contributed by atoms with Crippen molar-refractivity contribution in [3.63, 3.8) is 0 Å². The molecule has 2 aromatic rings. The number of phenols is 2. The van der Waals surface area contributed by atoms with E-state index >= 15 is 0 Å². The number of hydrogen-bond donors (Lipinski definition) is 2. The van der Waals surface area contributed by atoms with E-state index in [0.717, 1.165) is 93.5 Å². The molecule has 2 atom stereocenters. The Morgan fingerprint density at radius 2 is 1.20 bits per heavy atom. The Balaban J connectivity index is 1.57. The van der Waals surface area contributed by atoms with Crippen LogP contribution in [0.25, 0.3) is 0 Å². The van der Waals surface area contributed by atoms with E-state index in [9.17, 15) is 10.2 Å². The zero-order valence-corrected chi connectivity index (χ0v) is 30.6. The van der Waals surface area contributed by atoms with Crippen LogP contribution in [-0.4, -0.2) is 84.3 Å². The van der Waals surface area contributed by atoms with Crippen molar-refractivity contribution < 1.29 is 10.2 Å². The number of aromatic hydroxyl groups is 2. The molecule has 0 aromatic heterocycles. The average Bonchev–Trinajstić information content (AvgIpc) is 2.96. The molecule has 46 heavy (non-hydrogen) atoms. The molecular formula is C40H62N4O2. The van der Waals surface area contributed by atoms with Gasteiger partial charge < -0.3 is 20.0 Å². The molecule has 4 rings (SSSR count). The van der Waals surface area contributed by atoms with Gasteiger partial charge in [-0.3, -0.25) is 9.98 Å². The lowest BCUT2D eigenvalue weighted by molar-refractivity contribution is 0.153. The van der Waals surface area contributed by atoms with Crippen LogP contribution in [0, 0.1) is 0 Å². The second-order valence-electron chi connectivity index (χ2n) is 17.0. The Hall–Kier alpha value is -2.70. The first-order valence-electron chi connectivity index (χ1n) is 17.6. The van der Waals surface area contributed by atoms with Gasteiger partial charge in [0.15, 0.2) is 0 Å². The maximum Gasteiger partial charge on any atom is 0.128 e. The summed E-state index contributed by atoms with van der Waals surface area (Å²) in [6, 6.07) is 8.65. The molecule has 0 radical (unpaired) electrons. The number of likely N-dealkylation sites (N-methyl/N-ethyl adjacent to an activating group) is 1. The first-order valence-corrected chi connectivity index (χ1v) is 17.6. The van der Waals surface area contributed by atoms with Gasteiger partial charge >= 0.3 is 0 Å². The maximum atomic E-state index is 11.4. The lowest BCUT2D eigenvalue weighted by atomic mass is 9.79. The molecule has 1 aliphatic heterocycles. The van der Waals surface area contributed by atoms with Gasteiger partial charge in [0.05, 0.1) is 12.1 Å². The van der Waals surface area contributed by atoms with Crippen LogP contribution in [0.1, 0.15) is 128 Å². The number of hydrogen-bond acceptors (Lipinski definition) is 6. The molecule has 0 amide bonds. The number of nitrogens with zero attached hydrogens (tertiary/aromatic N) is 4. The smallest absolute Gasteiger partial charge is 0.128 e. The van der Waals surface area contributed by atoms with Gasteiger partial charge in [0, 0.05) is 55.3 Å². The summed E-state index contributed by atoms with van der Waals surface area (Å²) in [6.45, 7) is 25.3. The van der Waals surface area contributed by atoms with Crippen LogP contribution in [-0.2, 0) is 22.7 Å². The minimum atomic E-state index is -0.182. The molecule has 2 fully saturated rings. The third-order valence-electron chi connectivity index (χ3n) is 9.92. The molecule has 254 valence electrons. The monoisotopic (exact) mass is 630 g/mol. The Morgan fingerprint density at radius 3 is 1.70 bits per heavy atom. The van der Waals surface area contributed by atoms with Crippen LogP contribution in [0.4, 0.5) is 0 Å². The summed E-state index contributed by atoms with van der Waals surface area (Å²) in [4.78, 5) is 15.1. The lowest BCUT2D eigenvalue weighted by Gasteiger charge is -2.32. The summed E-state index contributed by atoms with van der Waals surface area (Å²) in [5.41, 5.74) is 5.73. The second kappa shape index (κ2) is 14.6. The number of aryl methyl sites for hydroxylation is 1. The highest BCUT2D eigenvalue weighted by Gasteiger charge is 2.27. The van der Waals surface area contributed by atoms with E-state index in [1.807, 2.05) is 12.4 Å². The molecule has 1 aliphatic carbocycles. The highest BCUT2D eigenvalue weighted by atomic mass is 16.3.